The summed E-state index contributed by atoms with van der Waals surface area (Å²) in [5.41, 5.74) is 0. The predicted octanol–water partition coefficient (Wildman–Crippen LogP) is 17.3. The zero-order valence-electron chi connectivity index (χ0n) is 41.7. The molecule has 65 heavy (non-hydrogen) atoms. The predicted molar refractivity (Wildman–Crippen MR) is 279 cm³/mol. The van der Waals surface area contributed by atoms with Crippen molar-refractivity contribution in [1.29, 1.82) is 0 Å². The number of rotatable bonds is 45. The second kappa shape index (κ2) is 52.4. The maximum Gasteiger partial charge on any atom is 0.306 e. The molecule has 0 aromatic rings. The lowest BCUT2D eigenvalue weighted by atomic mass is 10.1. The summed E-state index contributed by atoms with van der Waals surface area (Å²) in [6, 6.07) is 0. The van der Waals surface area contributed by atoms with E-state index in [0.29, 0.717) is 19.3 Å². The van der Waals surface area contributed by atoms with Gasteiger partial charge in [0.1, 0.15) is 13.2 Å². The molecule has 0 unspecified atom stereocenters. The first-order valence-electron chi connectivity index (χ1n) is 26.0. The fourth-order valence-electron chi connectivity index (χ4n) is 6.57. The average Bonchev–Trinajstić information content (AvgIpc) is 3.30. The van der Waals surface area contributed by atoms with Crippen molar-refractivity contribution in [2.45, 2.75) is 219 Å². The van der Waals surface area contributed by atoms with Crippen LogP contribution in [-0.4, -0.2) is 37.2 Å². The van der Waals surface area contributed by atoms with E-state index in [4.69, 9.17) is 14.2 Å². The van der Waals surface area contributed by atoms with Gasteiger partial charge in [-0.05, 0) is 128 Å². The molecule has 0 bridgehead atoms. The van der Waals surface area contributed by atoms with Gasteiger partial charge in [-0.25, -0.2) is 0 Å². The molecular formula is C59H94O6. The smallest absolute Gasteiger partial charge is 0.306 e. The second-order valence-corrected chi connectivity index (χ2v) is 16.7. The maximum atomic E-state index is 12.8. The zero-order valence-corrected chi connectivity index (χ0v) is 41.7. The minimum absolute atomic E-state index is 0.114. The molecule has 0 N–H and O–H groups in total. The lowest BCUT2D eigenvalue weighted by molar-refractivity contribution is -0.167. The fraction of sp³-hybridized carbons (Fsp3) is 0.610. The van der Waals surface area contributed by atoms with Crippen molar-refractivity contribution in [3.8, 4) is 0 Å². The number of unbranched alkanes of at least 4 members (excludes halogenated alkanes) is 14. The largest absolute Gasteiger partial charge is 0.462 e. The van der Waals surface area contributed by atoms with Gasteiger partial charge in [-0.1, -0.05) is 187 Å². The third-order valence-electron chi connectivity index (χ3n) is 10.4. The van der Waals surface area contributed by atoms with Gasteiger partial charge in [-0.15, -0.1) is 0 Å². The maximum absolute atomic E-state index is 12.8. The van der Waals surface area contributed by atoms with Crippen molar-refractivity contribution < 1.29 is 28.6 Å². The zero-order chi connectivity index (χ0) is 47.2. The summed E-state index contributed by atoms with van der Waals surface area (Å²) in [5.74, 6) is -1.00. The van der Waals surface area contributed by atoms with E-state index in [2.05, 4.69) is 142 Å². The van der Waals surface area contributed by atoms with Gasteiger partial charge in [0.2, 0.25) is 0 Å². The molecule has 0 saturated carbocycles. The number of ether oxygens (including phenoxy) is 3. The number of carbonyl (C=O) groups excluding carboxylic acids is 3. The van der Waals surface area contributed by atoms with Gasteiger partial charge in [-0.3, -0.25) is 14.4 Å². The van der Waals surface area contributed by atoms with Crippen LogP contribution in [0.2, 0.25) is 0 Å². The Morgan fingerprint density at radius 2 is 0.600 bits per heavy atom. The Hall–Kier alpha value is -4.19. The fourth-order valence-corrected chi connectivity index (χ4v) is 6.57. The summed E-state index contributed by atoms with van der Waals surface area (Å²) in [5, 5.41) is 0. The third-order valence-corrected chi connectivity index (χ3v) is 10.4. The van der Waals surface area contributed by atoms with E-state index in [-0.39, 0.29) is 37.5 Å². The Kier molecular flexibility index (Phi) is 49.1. The van der Waals surface area contributed by atoms with Crippen LogP contribution < -0.4 is 0 Å². The molecule has 0 saturated heterocycles. The Bertz CT molecular complexity index is 1400. The molecule has 0 rings (SSSR count). The summed E-state index contributed by atoms with van der Waals surface area (Å²) >= 11 is 0. The highest BCUT2D eigenvalue weighted by atomic mass is 16.6. The standard InChI is InChI=1S/C59H94O6/c1-4-7-10-13-16-19-22-25-28-29-32-34-37-40-43-46-49-52-58(61)64-55-56(65-59(62)53-50-47-44-41-38-35-31-27-24-21-18-15-12-9-6-3)54-63-57(60)51-48-45-42-39-36-33-30-26-23-20-17-14-11-8-5-2/h7,9-10,12,16-21,25-28,30-32,34,38,41,56H,4-6,8,11,13-15,22-24,29,33,35-37,39-40,42-55H2,1-3H3/b10-7-,12-9-,19-16-,20-17-,21-18-,28-25-,30-26-,31-27-,34-32-,41-38-/t56-/m0/s1. The lowest BCUT2D eigenvalue weighted by Gasteiger charge is -2.18. The van der Waals surface area contributed by atoms with E-state index in [9.17, 15) is 14.4 Å². The molecule has 0 radical (unpaired) electrons. The van der Waals surface area contributed by atoms with Crippen LogP contribution in [0.3, 0.4) is 0 Å². The van der Waals surface area contributed by atoms with Crippen molar-refractivity contribution in [3.63, 3.8) is 0 Å². The normalized spacial score (nSPS) is 13.1. The summed E-state index contributed by atoms with van der Waals surface area (Å²) < 4.78 is 16.7. The van der Waals surface area contributed by atoms with Gasteiger partial charge in [-0.2, -0.15) is 0 Å². The summed E-state index contributed by atoms with van der Waals surface area (Å²) in [7, 11) is 0. The van der Waals surface area contributed by atoms with Crippen molar-refractivity contribution >= 4 is 17.9 Å². The van der Waals surface area contributed by atoms with E-state index in [1.165, 1.54) is 25.7 Å². The molecule has 0 aliphatic rings. The molecule has 366 valence electrons. The first-order valence-corrected chi connectivity index (χ1v) is 26.0. The van der Waals surface area contributed by atoms with E-state index < -0.39 is 6.10 Å². The van der Waals surface area contributed by atoms with Crippen molar-refractivity contribution in [2.75, 3.05) is 13.2 Å². The molecule has 6 heteroatoms. The average molecular weight is 899 g/mol. The van der Waals surface area contributed by atoms with Crippen LogP contribution in [-0.2, 0) is 28.6 Å². The van der Waals surface area contributed by atoms with Crippen molar-refractivity contribution in [2.24, 2.45) is 0 Å². The third kappa shape index (κ3) is 50.7. The molecule has 0 amide bonds. The first-order chi connectivity index (χ1) is 32.0. The molecular weight excluding hydrogens is 805 g/mol. The molecule has 0 spiro atoms. The minimum Gasteiger partial charge on any atom is -0.462 e. The SMILES string of the molecule is CC/C=C\C/C=C\C/C=C\C/C=C\CCCCCCC(=O)OC[C@H](COC(=O)CCCCCCC/C=C\C/C=C\CCCCC)OC(=O)CCCC/C=C\C/C=C\C/C=C\C/C=C\CC. The van der Waals surface area contributed by atoms with Crippen LogP contribution in [0.15, 0.2) is 122 Å². The van der Waals surface area contributed by atoms with Crippen LogP contribution in [0.1, 0.15) is 213 Å². The Balaban J connectivity index is 4.54. The lowest BCUT2D eigenvalue weighted by Crippen LogP contribution is -2.30. The van der Waals surface area contributed by atoms with Crippen LogP contribution in [0.5, 0.6) is 0 Å². The molecule has 0 aromatic heterocycles. The van der Waals surface area contributed by atoms with Crippen LogP contribution in [0.25, 0.3) is 0 Å². The highest BCUT2D eigenvalue weighted by molar-refractivity contribution is 5.71. The Morgan fingerprint density at radius 1 is 0.323 bits per heavy atom. The van der Waals surface area contributed by atoms with Gasteiger partial charge < -0.3 is 14.2 Å². The van der Waals surface area contributed by atoms with Gasteiger partial charge in [0.25, 0.3) is 0 Å². The minimum atomic E-state index is -0.819. The monoisotopic (exact) mass is 899 g/mol. The van der Waals surface area contributed by atoms with Crippen molar-refractivity contribution in [1.82, 2.24) is 0 Å². The van der Waals surface area contributed by atoms with Gasteiger partial charge in [0.05, 0.1) is 0 Å². The molecule has 6 nitrogen and oxygen atoms in total. The molecule has 0 aliphatic heterocycles. The Labute approximate surface area is 399 Å². The second-order valence-electron chi connectivity index (χ2n) is 16.7. The number of allylic oxidation sites excluding steroid dienone is 20. The molecule has 1 atom stereocenters. The highest BCUT2D eigenvalue weighted by Gasteiger charge is 2.19. The van der Waals surface area contributed by atoms with E-state index in [1.54, 1.807) is 0 Å². The number of hydrogen-bond donors (Lipinski definition) is 0. The number of esters is 3. The van der Waals surface area contributed by atoms with E-state index in [0.717, 1.165) is 141 Å². The Morgan fingerprint density at radius 3 is 0.969 bits per heavy atom. The summed E-state index contributed by atoms with van der Waals surface area (Å²) in [4.78, 5) is 38.0. The molecule has 0 fully saturated rings. The van der Waals surface area contributed by atoms with Crippen LogP contribution in [0, 0.1) is 0 Å². The van der Waals surface area contributed by atoms with Crippen molar-refractivity contribution in [3.05, 3.63) is 122 Å². The van der Waals surface area contributed by atoms with E-state index >= 15 is 0 Å². The number of carbonyl (C=O) groups is 3. The van der Waals surface area contributed by atoms with Gasteiger partial charge >= 0.3 is 17.9 Å². The van der Waals surface area contributed by atoms with Crippen LogP contribution >= 0.6 is 0 Å². The molecule has 0 aromatic carbocycles. The molecule has 0 aliphatic carbocycles. The quantitative estimate of drug-likeness (QED) is 0.0262. The van der Waals surface area contributed by atoms with Gasteiger partial charge in [0, 0.05) is 19.3 Å². The molecule has 0 heterocycles. The van der Waals surface area contributed by atoms with E-state index in [1.807, 2.05) is 0 Å². The first kappa shape index (κ1) is 60.8. The highest BCUT2D eigenvalue weighted by Crippen LogP contribution is 2.12. The van der Waals surface area contributed by atoms with Crippen LogP contribution in [0.4, 0.5) is 0 Å². The van der Waals surface area contributed by atoms with Gasteiger partial charge in [0.15, 0.2) is 6.10 Å². The summed E-state index contributed by atoms with van der Waals surface area (Å²) in [6.45, 7) is 6.30. The number of hydrogen-bond acceptors (Lipinski definition) is 6. The summed E-state index contributed by atoms with van der Waals surface area (Å²) in [6.07, 6.45) is 71.8. The topological polar surface area (TPSA) is 78.9 Å².